The molecule has 1 aromatic carbocycles. The average Bonchev–Trinajstić information content (AvgIpc) is 2.65. The molecule has 1 heterocycles. The number of aryl methyl sites for hydroxylation is 1. The van der Waals surface area contributed by atoms with E-state index in [1.165, 1.54) is 12.1 Å². The van der Waals surface area contributed by atoms with Crippen molar-refractivity contribution in [2.75, 3.05) is 5.32 Å². The van der Waals surface area contributed by atoms with E-state index in [1.54, 1.807) is 23.9 Å². The van der Waals surface area contributed by atoms with Crippen molar-refractivity contribution in [3.63, 3.8) is 0 Å². The smallest absolute Gasteiger partial charge is 0.410 e. The molecular weight excluding hydrogens is 273 g/mol. The molecule has 110 valence electrons. The summed E-state index contributed by atoms with van der Waals surface area (Å²) in [5.41, 5.74) is 2.60. The van der Waals surface area contributed by atoms with E-state index in [1.807, 2.05) is 0 Å². The van der Waals surface area contributed by atoms with Crippen LogP contribution in [0.5, 0.6) is 0 Å². The standard InChI is InChI=1S/C15H16FN3O2/c1-19-13(10-5-7-11(16)8-6-10)12(9-3-2-4-9)14(18-19)17-15(20)21/h5-9H,2-4H2,1H3,(H,17,18)(H,20,21). The summed E-state index contributed by atoms with van der Waals surface area (Å²) in [6.07, 6.45) is 2.05. The van der Waals surface area contributed by atoms with Gasteiger partial charge in [-0.3, -0.25) is 10.00 Å². The van der Waals surface area contributed by atoms with Gasteiger partial charge in [0.25, 0.3) is 0 Å². The first-order chi connectivity index (χ1) is 10.1. The lowest BCUT2D eigenvalue weighted by molar-refractivity contribution is 0.209. The fourth-order valence-electron chi connectivity index (χ4n) is 2.77. The highest BCUT2D eigenvalue weighted by atomic mass is 19.1. The van der Waals surface area contributed by atoms with Gasteiger partial charge < -0.3 is 5.11 Å². The number of aromatic nitrogens is 2. The van der Waals surface area contributed by atoms with Crippen molar-refractivity contribution < 1.29 is 14.3 Å². The molecule has 2 N–H and O–H groups in total. The van der Waals surface area contributed by atoms with Crippen LogP contribution >= 0.6 is 0 Å². The van der Waals surface area contributed by atoms with E-state index in [-0.39, 0.29) is 5.82 Å². The number of hydrogen-bond donors (Lipinski definition) is 2. The van der Waals surface area contributed by atoms with E-state index in [4.69, 9.17) is 5.11 Å². The number of nitrogens with zero attached hydrogens (tertiary/aromatic N) is 2. The summed E-state index contributed by atoms with van der Waals surface area (Å²) in [6, 6.07) is 6.19. The van der Waals surface area contributed by atoms with E-state index in [0.717, 1.165) is 36.1 Å². The lowest BCUT2D eigenvalue weighted by atomic mass is 9.79. The zero-order valence-electron chi connectivity index (χ0n) is 11.6. The SMILES string of the molecule is Cn1nc(NC(=O)O)c(C2CCC2)c1-c1ccc(F)cc1. The van der Waals surface area contributed by atoms with Gasteiger partial charge in [0.2, 0.25) is 0 Å². The molecule has 0 unspecified atom stereocenters. The van der Waals surface area contributed by atoms with Crippen LogP contribution in [0, 0.1) is 5.82 Å². The van der Waals surface area contributed by atoms with Gasteiger partial charge in [0.15, 0.2) is 5.82 Å². The Labute approximate surface area is 121 Å². The molecule has 5 nitrogen and oxygen atoms in total. The van der Waals surface area contributed by atoms with E-state index < -0.39 is 6.09 Å². The van der Waals surface area contributed by atoms with Crippen molar-refractivity contribution in [3.05, 3.63) is 35.6 Å². The van der Waals surface area contributed by atoms with Crippen LogP contribution in [0.1, 0.15) is 30.7 Å². The minimum Gasteiger partial charge on any atom is -0.465 e. The van der Waals surface area contributed by atoms with Gasteiger partial charge in [0.05, 0.1) is 5.69 Å². The van der Waals surface area contributed by atoms with Crippen LogP contribution in [-0.4, -0.2) is 21.0 Å². The Morgan fingerprint density at radius 3 is 2.57 bits per heavy atom. The maximum atomic E-state index is 13.1. The fraction of sp³-hybridized carbons (Fsp3) is 0.333. The highest BCUT2D eigenvalue weighted by molar-refractivity contribution is 5.85. The summed E-state index contributed by atoms with van der Waals surface area (Å²) in [7, 11) is 1.77. The summed E-state index contributed by atoms with van der Waals surface area (Å²) < 4.78 is 14.8. The lowest BCUT2D eigenvalue weighted by Crippen LogP contribution is -2.14. The predicted octanol–water partition coefficient (Wildman–Crippen LogP) is 3.58. The first-order valence-corrected chi connectivity index (χ1v) is 6.89. The van der Waals surface area contributed by atoms with Gasteiger partial charge in [0.1, 0.15) is 5.82 Å². The Morgan fingerprint density at radius 2 is 2.05 bits per heavy atom. The molecule has 3 rings (SSSR count). The number of halogens is 1. The Bertz CT molecular complexity index is 675. The van der Waals surface area contributed by atoms with Crippen molar-refractivity contribution in [1.29, 1.82) is 0 Å². The van der Waals surface area contributed by atoms with Crippen LogP contribution in [0.4, 0.5) is 15.0 Å². The number of amides is 1. The lowest BCUT2D eigenvalue weighted by Gasteiger charge is -2.26. The fourth-order valence-corrected chi connectivity index (χ4v) is 2.77. The number of carbonyl (C=O) groups is 1. The second kappa shape index (κ2) is 5.20. The third-order valence-corrected chi connectivity index (χ3v) is 3.94. The van der Waals surface area contributed by atoms with E-state index >= 15 is 0 Å². The van der Waals surface area contributed by atoms with Gasteiger partial charge in [-0.2, -0.15) is 5.10 Å². The van der Waals surface area contributed by atoms with E-state index in [2.05, 4.69) is 10.4 Å². The second-order valence-electron chi connectivity index (χ2n) is 5.30. The number of nitrogens with one attached hydrogen (secondary N) is 1. The number of anilines is 1. The number of benzene rings is 1. The highest BCUT2D eigenvalue weighted by Crippen LogP contribution is 2.44. The highest BCUT2D eigenvalue weighted by Gasteiger charge is 2.30. The molecule has 1 aromatic heterocycles. The predicted molar refractivity (Wildman–Crippen MR) is 76.8 cm³/mol. The molecule has 0 aliphatic heterocycles. The second-order valence-corrected chi connectivity index (χ2v) is 5.30. The number of carboxylic acid groups (broad SMARTS) is 1. The minimum atomic E-state index is -1.13. The monoisotopic (exact) mass is 289 g/mol. The van der Waals surface area contributed by atoms with Crippen LogP contribution in [0.3, 0.4) is 0 Å². The average molecular weight is 289 g/mol. The Balaban J connectivity index is 2.11. The molecule has 0 saturated heterocycles. The largest absolute Gasteiger partial charge is 0.465 e. The molecule has 1 fully saturated rings. The summed E-state index contributed by atoms with van der Waals surface area (Å²) in [5, 5.41) is 15.6. The molecule has 21 heavy (non-hydrogen) atoms. The van der Waals surface area contributed by atoms with Gasteiger partial charge in [-0.1, -0.05) is 6.42 Å². The Morgan fingerprint density at radius 1 is 1.38 bits per heavy atom. The van der Waals surface area contributed by atoms with Crippen molar-refractivity contribution >= 4 is 11.9 Å². The zero-order valence-corrected chi connectivity index (χ0v) is 11.6. The molecule has 6 heteroatoms. The zero-order chi connectivity index (χ0) is 15.0. The summed E-state index contributed by atoms with van der Waals surface area (Å²) in [6.45, 7) is 0. The van der Waals surface area contributed by atoms with E-state index in [0.29, 0.717) is 11.7 Å². The molecule has 1 aliphatic carbocycles. The molecule has 1 saturated carbocycles. The van der Waals surface area contributed by atoms with Crippen LogP contribution in [0.25, 0.3) is 11.3 Å². The van der Waals surface area contributed by atoms with Crippen LogP contribution < -0.4 is 5.32 Å². The van der Waals surface area contributed by atoms with Crippen molar-refractivity contribution in [2.45, 2.75) is 25.2 Å². The first kappa shape index (κ1) is 13.6. The minimum absolute atomic E-state index is 0.296. The van der Waals surface area contributed by atoms with Crippen LogP contribution in [0.15, 0.2) is 24.3 Å². The maximum absolute atomic E-state index is 13.1. The van der Waals surface area contributed by atoms with Crippen LogP contribution in [0.2, 0.25) is 0 Å². The van der Waals surface area contributed by atoms with Gasteiger partial charge >= 0.3 is 6.09 Å². The normalized spacial score (nSPS) is 14.8. The van der Waals surface area contributed by atoms with Crippen LogP contribution in [-0.2, 0) is 7.05 Å². The maximum Gasteiger partial charge on any atom is 0.410 e. The topological polar surface area (TPSA) is 67.2 Å². The Hall–Kier alpha value is -2.37. The molecule has 0 radical (unpaired) electrons. The summed E-state index contributed by atoms with van der Waals surface area (Å²) in [5.74, 6) is 0.393. The first-order valence-electron chi connectivity index (χ1n) is 6.89. The summed E-state index contributed by atoms with van der Waals surface area (Å²) >= 11 is 0. The number of rotatable bonds is 3. The van der Waals surface area contributed by atoms with Gasteiger partial charge in [-0.15, -0.1) is 0 Å². The van der Waals surface area contributed by atoms with Gasteiger partial charge in [0, 0.05) is 18.2 Å². The van der Waals surface area contributed by atoms with Gasteiger partial charge in [-0.25, -0.2) is 9.18 Å². The molecule has 2 aromatic rings. The quantitative estimate of drug-likeness (QED) is 0.907. The third-order valence-electron chi connectivity index (χ3n) is 3.94. The molecule has 0 spiro atoms. The molecule has 0 atom stereocenters. The summed E-state index contributed by atoms with van der Waals surface area (Å²) in [4.78, 5) is 10.9. The Kier molecular flexibility index (Phi) is 3.37. The van der Waals surface area contributed by atoms with Crippen molar-refractivity contribution in [3.8, 4) is 11.3 Å². The molecular formula is C15H16FN3O2. The van der Waals surface area contributed by atoms with Crippen molar-refractivity contribution in [2.24, 2.45) is 7.05 Å². The van der Waals surface area contributed by atoms with Crippen molar-refractivity contribution in [1.82, 2.24) is 9.78 Å². The number of hydrogen-bond acceptors (Lipinski definition) is 2. The van der Waals surface area contributed by atoms with Gasteiger partial charge in [-0.05, 0) is 43.0 Å². The molecule has 1 amide bonds. The molecule has 1 aliphatic rings. The molecule has 0 bridgehead atoms. The van der Waals surface area contributed by atoms with E-state index in [9.17, 15) is 9.18 Å². The third kappa shape index (κ3) is 2.49.